The molecule has 32 heavy (non-hydrogen) atoms. The van der Waals surface area contributed by atoms with E-state index in [9.17, 15) is 14.4 Å². The van der Waals surface area contributed by atoms with Crippen LogP contribution in [0.3, 0.4) is 0 Å². The lowest BCUT2D eigenvalue weighted by molar-refractivity contribution is -0.117. The first-order valence-corrected chi connectivity index (χ1v) is 11.2. The molecule has 0 bridgehead atoms. The number of fused-ring (bicyclic) bond motifs is 1. The number of hydrogen-bond acceptors (Lipinski definition) is 4. The molecule has 1 saturated carbocycles. The van der Waals surface area contributed by atoms with Gasteiger partial charge in [-0.1, -0.05) is 50.1 Å². The molecule has 1 aliphatic rings. The fourth-order valence-electron chi connectivity index (χ4n) is 3.68. The zero-order valence-corrected chi connectivity index (χ0v) is 18.3. The van der Waals surface area contributed by atoms with Crippen LogP contribution in [0.25, 0.3) is 10.8 Å². The van der Waals surface area contributed by atoms with Gasteiger partial charge in [0, 0.05) is 30.1 Å². The number of benzene rings is 2. The standard InChI is InChI=1S/C25H28N4O3/c1-2-3-6-14-29-25(32)21-11-5-4-10-20(21)22(28-29)24(31)26-16-17-8-7-9-19(15-17)27-23(30)18-12-13-18/h4-5,7-11,15,18H,2-3,6,12-14,16H2,1H3,(H,26,31)(H,27,30). The average molecular weight is 433 g/mol. The maximum atomic E-state index is 13.0. The minimum absolute atomic E-state index is 0.0483. The zero-order chi connectivity index (χ0) is 22.5. The number of hydrogen-bond donors (Lipinski definition) is 2. The van der Waals surface area contributed by atoms with Crippen LogP contribution in [0, 0.1) is 5.92 Å². The van der Waals surface area contributed by atoms with E-state index in [-0.39, 0.29) is 35.5 Å². The maximum absolute atomic E-state index is 13.0. The number of aromatic nitrogens is 2. The molecule has 0 spiro atoms. The topological polar surface area (TPSA) is 93.1 Å². The van der Waals surface area contributed by atoms with Gasteiger partial charge >= 0.3 is 0 Å². The number of nitrogens with zero attached hydrogens (tertiary/aromatic N) is 2. The van der Waals surface area contributed by atoms with Crippen molar-refractivity contribution in [2.75, 3.05) is 5.32 Å². The van der Waals surface area contributed by atoms with Crippen molar-refractivity contribution < 1.29 is 9.59 Å². The predicted octanol–water partition coefficient (Wildman–Crippen LogP) is 3.87. The van der Waals surface area contributed by atoms with E-state index in [0.29, 0.717) is 17.3 Å². The fraction of sp³-hybridized carbons (Fsp3) is 0.360. The number of carbonyl (C=O) groups is 2. The van der Waals surface area contributed by atoms with Crippen molar-refractivity contribution >= 4 is 28.3 Å². The highest BCUT2D eigenvalue weighted by Crippen LogP contribution is 2.30. The summed E-state index contributed by atoms with van der Waals surface area (Å²) in [6.07, 6.45) is 4.76. The molecule has 1 heterocycles. The second kappa shape index (κ2) is 9.77. The van der Waals surface area contributed by atoms with Crippen molar-refractivity contribution in [2.24, 2.45) is 5.92 Å². The summed E-state index contributed by atoms with van der Waals surface area (Å²) in [5.74, 6) is -0.157. The summed E-state index contributed by atoms with van der Waals surface area (Å²) in [7, 11) is 0. The number of rotatable bonds is 9. The molecule has 0 aliphatic heterocycles. The Balaban J connectivity index is 1.51. The average Bonchev–Trinajstić information content (AvgIpc) is 3.65. The Bertz CT molecular complexity index is 1200. The van der Waals surface area contributed by atoms with Gasteiger partial charge in [0.05, 0.1) is 5.39 Å². The molecule has 1 fully saturated rings. The first-order chi connectivity index (χ1) is 15.6. The summed E-state index contributed by atoms with van der Waals surface area (Å²) in [5, 5.41) is 11.3. The van der Waals surface area contributed by atoms with Crippen molar-refractivity contribution in [3.05, 3.63) is 70.1 Å². The van der Waals surface area contributed by atoms with E-state index in [1.807, 2.05) is 24.3 Å². The summed E-state index contributed by atoms with van der Waals surface area (Å²) < 4.78 is 1.40. The lowest BCUT2D eigenvalue weighted by Crippen LogP contribution is -2.30. The SMILES string of the molecule is CCCCCn1nc(C(=O)NCc2cccc(NC(=O)C3CC3)c2)c2ccccc2c1=O. The van der Waals surface area contributed by atoms with E-state index in [1.165, 1.54) is 4.68 Å². The summed E-state index contributed by atoms with van der Waals surface area (Å²) in [6, 6.07) is 14.5. The molecule has 3 aromatic rings. The highest BCUT2D eigenvalue weighted by atomic mass is 16.2. The van der Waals surface area contributed by atoms with Gasteiger partial charge in [-0.05, 0) is 43.0 Å². The van der Waals surface area contributed by atoms with Gasteiger partial charge in [0.1, 0.15) is 0 Å². The molecule has 1 aliphatic carbocycles. The molecular weight excluding hydrogens is 404 g/mol. The second-order valence-electron chi connectivity index (χ2n) is 8.28. The van der Waals surface area contributed by atoms with Gasteiger partial charge in [0.15, 0.2) is 5.69 Å². The molecule has 0 saturated heterocycles. The van der Waals surface area contributed by atoms with Crippen LogP contribution in [-0.2, 0) is 17.9 Å². The third-order valence-corrected chi connectivity index (χ3v) is 5.65. The summed E-state index contributed by atoms with van der Waals surface area (Å²) in [6.45, 7) is 2.87. The molecule has 4 rings (SSSR count). The normalized spacial score (nSPS) is 13.2. The molecule has 1 aromatic heterocycles. The number of unbranched alkanes of at least 4 members (excludes halogenated alkanes) is 2. The molecule has 7 heteroatoms. The van der Waals surface area contributed by atoms with Crippen LogP contribution in [0.2, 0.25) is 0 Å². The van der Waals surface area contributed by atoms with E-state index in [0.717, 1.165) is 43.4 Å². The number of aryl methyl sites for hydroxylation is 1. The third kappa shape index (κ3) is 5.04. The summed E-state index contributed by atoms with van der Waals surface area (Å²) >= 11 is 0. The Morgan fingerprint density at radius 1 is 1.06 bits per heavy atom. The van der Waals surface area contributed by atoms with E-state index in [2.05, 4.69) is 22.7 Å². The van der Waals surface area contributed by atoms with Crippen LogP contribution in [-0.4, -0.2) is 21.6 Å². The van der Waals surface area contributed by atoms with Crippen molar-refractivity contribution in [1.82, 2.24) is 15.1 Å². The zero-order valence-electron chi connectivity index (χ0n) is 18.3. The lowest BCUT2D eigenvalue weighted by Gasteiger charge is -2.12. The third-order valence-electron chi connectivity index (χ3n) is 5.65. The second-order valence-corrected chi connectivity index (χ2v) is 8.28. The molecule has 2 N–H and O–H groups in total. The van der Waals surface area contributed by atoms with E-state index in [4.69, 9.17) is 0 Å². The Morgan fingerprint density at radius 3 is 2.59 bits per heavy atom. The van der Waals surface area contributed by atoms with Crippen LogP contribution in [0.4, 0.5) is 5.69 Å². The molecular formula is C25H28N4O3. The number of anilines is 1. The highest BCUT2D eigenvalue weighted by molar-refractivity contribution is 6.04. The highest BCUT2D eigenvalue weighted by Gasteiger charge is 2.29. The van der Waals surface area contributed by atoms with Crippen LogP contribution in [0.1, 0.15) is 55.1 Å². The molecule has 0 atom stereocenters. The lowest BCUT2D eigenvalue weighted by atomic mass is 10.1. The molecule has 2 aromatic carbocycles. The van der Waals surface area contributed by atoms with Crippen molar-refractivity contribution in [3.8, 4) is 0 Å². The molecule has 0 radical (unpaired) electrons. The van der Waals surface area contributed by atoms with Gasteiger partial charge in [-0.25, -0.2) is 4.68 Å². The van der Waals surface area contributed by atoms with Gasteiger partial charge in [0.25, 0.3) is 11.5 Å². The van der Waals surface area contributed by atoms with Crippen molar-refractivity contribution in [1.29, 1.82) is 0 Å². The Kier molecular flexibility index (Phi) is 6.63. The van der Waals surface area contributed by atoms with Gasteiger partial charge in [-0.15, -0.1) is 0 Å². The summed E-state index contributed by atoms with van der Waals surface area (Å²) in [5.41, 5.74) is 1.66. The Hall–Kier alpha value is -3.48. The van der Waals surface area contributed by atoms with E-state index < -0.39 is 0 Å². The minimum Gasteiger partial charge on any atom is -0.347 e. The molecule has 0 unspecified atom stereocenters. The van der Waals surface area contributed by atoms with Crippen LogP contribution >= 0.6 is 0 Å². The van der Waals surface area contributed by atoms with Gasteiger partial charge < -0.3 is 10.6 Å². The van der Waals surface area contributed by atoms with Crippen molar-refractivity contribution in [3.63, 3.8) is 0 Å². The first kappa shape index (κ1) is 21.7. The van der Waals surface area contributed by atoms with E-state index in [1.54, 1.807) is 24.3 Å². The predicted molar refractivity (Wildman–Crippen MR) is 124 cm³/mol. The maximum Gasteiger partial charge on any atom is 0.274 e. The largest absolute Gasteiger partial charge is 0.347 e. The quantitative estimate of drug-likeness (QED) is 0.502. The number of carbonyl (C=O) groups excluding carboxylic acids is 2. The Labute approximate surface area is 186 Å². The van der Waals surface area contributed by atoms with Crippen LogP contribution < -0.4 is 16.2 Å². The summed E-state index contributed by atoms with van der Waals surface area (Å²) in [4.78, 5) is 37.8. The monoisotopic (exact) mass is 432 g/mol. The number of nitrogens with one attached hydrogen (secondary N) is 2. The molecule has 7 nitrogen and oxygen atoms in total. The smallest absolute Gasteiger partial charge is 0.274 e. The number of amides is 2. The van der Waals surface area contributed by atoms with Crippen LogP contribution in [0.15, 0.2) is 53.3 Å². The van der Waals surface area contributed by atoms with Crippen LogP contribution in [0.5, 0.6) is 0 Å². The van der Waals surface area contributed by atoms with E-state index >= 15 is 0 Å². The molecule has 166 valence electrons. The minimum atomic E-state index is -0.335. The molecule has 2 amide bonds. The Morgan fingerprint density at radius 2 is 1.84 bits per heavy atom. The van der Waals surface area contributed by atoms with Gasteiger partial charge in [-0.2, -0.15) is 5.10 Å². The van der Waals surface area contributed by atoms with Crippen molar-refractivity contribution in [2.45, 2.75) is 52.1 Å². The fourth-order valence-corrected chi connectivity index (χ4v) is 3.68. The first-order valence-electron chi connectivity index (χ1n) is 11.2. The van der Waals surface area contributed by atoms with Gasteiger partial charge in [-0.3, -0.25) is 14.4 Å². The van der Waals surface area contributed by atoms with Gasteiger partial charge in [0.2, 0.25) is 5.91 Å².